The number of hydrogen-bond donors (Lipinski definition) is 2. The standard InChI is InChI=1S/C6H9NO4/c8-4-2-1-3-5(7-4)11-6(9)10/h5H,1-3H2,(H,7,8)(H,9,10)/t5-/m0/s1. The molecule has 5 nitrogen and oxygen atoms in total. The van der Waals surface area contributed by atoms with E-state index in [0.717, 1.165) is 0 Å². The molecule has 0 spiro atoms. The molecule has 1 aliphatic rings. The molecule has 1 saturated heterocycles. The molecule has 11 heavy (non-hydrogen) atoms. The van der Waals surface area contributed by atoms with Crippen molar-refractivity contribution < 1.29 is 19.4 Å². The van der Waals surface area contributed by atoms with Crippen LogP contribution in [0.5, 0.6) is 0 Å². The number of carbonyl (C=O) groups excluding carboxylic acids is 1. The first-order chi connectivity index (χ1) is 5.18. The average molecular weight is 159 g/mol. The van der Waals surface area contributed by atoms with E-state index in [1.807, 2.05) is 0 Å². The summed E-state index contributed by atoms with van der Waals surface area (Å²) in [7, 11) is 0. The highest BCUT2D eigenvalue weighted by Crippen LogP contribution is 2.08. The van der Waals surface area contributed by atoms with Crippen LogP contribution >= 0.6 is 0 Å². The van der Waals surface area contributed by atoms with Gasteiger partial charge in [0.25, 0.3) is 0 Å². The second kappa shape index (κ2) is 3.23. The van der Waals surface area contributed by atoms with E-state index in [9.17, 15) is 9.59 Å². The van der Waals surface area contributed by atoms with E-state index in [1.165, 1.54) is 0 Å². The Morgan fingerprint density at radius 3 is 3.00 bits per heavy atom. The third kappa shape index (κ3) is 2.45. The van der Waals surface area contributed by atoms with Gasteiger partial charge in [0.2, 0.25) is 5.91 Å². The maximum atomic E-state index is 10.7. The van der Waals surface area contributed by atoms with E-state index in [2.05, 4.69) is 10.1 Å². The predicted molar refractivity (Wildman–Crippen MR) is 34.9 cm³/mol. The molecule has 1 heterocycles. The van der Waals surface area contributed by atoms with Gasteiger partial charge in [-0.2, -0.15) is 0 Å². The van der Waals surface area contributed by atoms with E-state index in [0.29, 0.717) is 19.3 Å². The number of ether oxygens (including phenoxy) is 1. The number of carbonyl (C=O) groups is 2. The molecule has 0 unspecified atom stereocenters. The first-order valence-electron chi connectivity index (χ1n) is 3.37. The van der Waals surface area contributed by atoms with E-state index in [1.54, 1.807) is 0 Å². The van der Waals surface area contributed by atoms with Gasteiger partial charge in [-0.1, -0.05) is 0 Å². The summed E-state index contributed by atoms with van der Waals surface area (Å²) in [6, 6.07) is 0. The molecule has 2 N–H and O–H groups in total. The van der Waals surface area contributed by atoms with Gasteiger partial charge in [-0.3, -0.25) is 4.79 Å². The maximum absolute atomic E-state index is 10.7. The second-order valence-electron chi connectivity index (χ2n) is 2.33. The molecule has 0 aromatic carbocycles. The predicted octanol–water partition coefficient (Wildman–Crippen LogP) is 0.307. The van der Waals surface area contributed by atoms with Crippen molar-refractivity contribution >= 4 is 12.1 Å². The van der Waals surface area contributed by atoms with Gasteiger partial charge in [0, 0.05) is 12.8 Å². The van der Waals surface area contributed by atoms with Crippen LogP contribution in [0.4, 0.5) is 4.79 Å². The normalized spacial score (nSPS) is 24.0. The SMILES string of the molecule is O=C1CCC[C@H](OC(=O)O)N1. The summed E-state index contributed by atoms with van der Waals surface area (Å²) in [6.07, 6.45) is -0.285. The minimum atomic E-state index is -1.35. The zero-order chi connectivity index (χ0) is 8.27. The van der Waals surface area contributed by atoms with Crippen LogP contribution in [0.3, 0.4) is 0 Å². The highest BCUT2D eigenvalue weighted by Gasteiger charge is 2.20. The smallest absolute Gasteiger partial charge is 0.450 e. The van der Waals surface area contributed by atoms with Crippen molar-refractivity contribution in [2.24, 2.45) is 0 Å². The quantitative estimate of drug-likeness (QED) is 0.540. The van der Waals surface area contributed by atoms with Crippen LogP contribution in [0.1, 0.15) is 19.3 Å². The summed E-state index contributed by atoms with van der Waals surface area (Å²) in [5, 5.41) is 10.6. The Kier molecular flexibility index (Phi) is 2.30. The highest BCUT2D eigenvalue weighted by molar-refractivity contribution is 5.77. The Morgan fingerprint density at radius 2 is 2.45 bits per heavy atom. The zero-order valence-electron chi connectivity index (χ0n) is 5.87. The lowest BCUT2D eigenvalue weighted by Crippen LogP contribution is -2.41. The second-order valence-corrected chi connectivity index (χ2v) is 2.33. The van der Waals surface area contributed by atoms with Gasteiger partial charge in [-0.15, -0.1) is 0 Å². The van der Waals surface area contributed by atoms with Crippen LogP contribution in [-0.2, 0) is 9.53 Å². The first-order valence-corrected chi connectivity index (χ1v) is 3.37. The van der Waals surface area contributed by atoms with Crippen molar-refractivity contribution in [3.05, 3.63) is 0 Å². The fraction of sp³-hybridized carbons (Fsp3) is 0.667. The van der Waals surface area contributed by atoms with Crippen molar-refractivity contribution in [2.45, 2.75) is 25.5 Å². The van der Waals surface area contributed by atoms with Crippen LogP contribution in [0.25, 0.3) is 0 Å². The Labute approximate surface area is 63.3 Å². The van der Waals surface area contributed by atoms with Gasteiger partial charge >= 0.3 is 6.16 Å². The highest BCUT2D eigenvalue weighted by atomic mass is 16.7. The summed E-state index contributed by atoms with van der Waals surface area (Å²) in [4.78, 5) is 20.7. The van der Waals surface area contributed by atoms with Gasteiger partial charge in [0.1, 0.15) is 0 Å². The monoisotopic (exact) mass is 159 g/mol. The molecule has 0 aliphatic carbocycles. The number of nitrogens with one attached hydrogen (secondary N) is 1. The molecule has 1 aliphatic heterocycles. The molecule has 0 saturated carbocycles. The van der Waals surface area contributed by atoms with Crippen LogP contribution in [-0.4, -0.2) is 23.4 Å². The summed E-state index contributed by atoms with van der Waals surface area (Å²) in [5.74, 6) is -0.150. The average Bonchev–Trinajstić information content (AvgIpc) is 1.85. The lowest BCUT2D eigenvalue weighted by molar-refractivity contribution is -0.127. The fourth-order valence-corrected chi connectivity index (χ4v) is 0.982. The zero-order valence-corrected chi connectivity index (χ0v) is 5.87. The molecule has 62 valence electrons. The van der Waals surface area contributed by atoms with Gasteiger partial charge in [-0.05, 0) is 6.42 Å². The lowest BCUT2D eigenvalue weighted by atomic mass is 10.1. The fourth-order valence-electron chi connectivity index (χ4n) is 0.982. The van der Waals surface area contributed by atoms with E-state index in [4.69, 9.17) is 5.11 Å². The van der Waals surface area contributed by atoms with Gasteiger partial charge in [0.05, 0.1) is 0 Å². The van der Waals surface area contributed by atoms with Crippen LogP contribution in [0.2, 0.25) is 0 Å². The molecule has 0 aromatic heterocycles. The third-order valence-electron chi connectivity index (χ3n) is 1.44. The number of carboxylic acid groups (broad SMARTS) is 1. The minimum absolute atomic E-state index is 0.150. The Bertz CT molecular complexity index is 177. The summed E-state index contributed by atoms with van der Waals surface area (Å²) in [5.41, 5.74) is 0. The Morgan fingerprint density at radius 1 is 1.73 bits per heavy atom. The number of hydrogen-bond acceptors (Lipinski definition) is 3. The molecular weight excluding hydrogens is 150 g/mol. The van der Waals surface area contributed by atoms with Crippen molar-refractivity contribution in [3.63, 3.8) is 0 Å². The van der Waals surface area contributed by atoms with Crippen LogP contribution in [0.15, 0.2) is 0 Å². The minimum Gasteiger partial charge on any atom is -0.450 e. The number of rotatable bonds is 1. The molecular formula is C6H9NO4. The Balaban J connectivity index is 2.34. The molecule has 1 rings (SSSR count). The van der Waals surface area contributed by atoms with Gasteiger partial charge in [-0.25, -0.2) is 4.79 Å². The van der Waals surface area contributed by atoms with Crippen LogP contribution in [0, 0.1) is 0 Å². The molecule has 1 fully saturated rings. The van der Waals surface area contributed by atoms with E-state index >= 15 is 0 Å². The molecule has 1 amide bonds. The third-order valence-corrected chi connectivity index (χ3v) is 1.44. The van der Waals surface area contributed by atoms with E-state index in [-0.39, 0.29) is 5.91 Å². The van der Waals surface area contributed by atoms with Gasteiger partial charge in [0.15, 0.2) is 6.23 Å². The maximum Gasteiger partial charge on any atom is 0.507 e. The molecule has 0 bridgehead atoms. The topological polar surface area (TPSA) is 75.6 Å². The molecule has 0 aromatic rings. The number of amides is 1. The van der Waals surface area contributed by atoms with Crippen molar-refractivity contribution in [1.82, 2.24) is 5.32 Å². The summed E-state index contributed by atoms with van der Waals surface area (Å²) < 4.78 is 4.35. The largest absolute Gasteiger partial charge is 0.507 e. The Hall–Kier alpha value is -1.26. The molecule has 1 atom stereocenters. The number of piperidine rings is 1. The summed E-state index contributed by atoms with van der Waals surface area (Å²) >= 11 is 0. The molecule has 5 heteroatoms. The van der Waals surface area contributed by atoms with Crippen LogP contribution < -0.4 is 5.32 Å². The summed E-state index contributed by atoms with van der Waals surface area (Å²) in [6.45, 7) is 0. The van der Waals surface area contributed by atoms with E-state index < -0.39 is 12.4 Å². The van der Waals surface area contributed by atoms with Crippen molar-refractivity contribution in [3.8, 4) is 0 Å². The van der Waals surface area contributed by atoms with Crippen molar-refractivity contribution in [1.29, 1.82) is 0 Å². The first kappa shape index (κ1) is 7.84. The van der Waals surface area contributed by atoms with Gasteiger partial charge < -0.3 is 15.2 Å². The lowest BCUT2D eigenvalue weighted by Gasteiger charge is -2.21. The van der Waals surface area contributed by atoms with Crippen molar-refractivity contribution in [2.75, 3.05) is 0 Å². The molecule has 0 radical (unpaired) electrons.